The third-order valence-electron chi connectivity index (χ3n) is 2.87. The maximum atomic E-state index is 11.9. The van der Waals surface area contributed by atoms with Crippen molar-refractivity contribution in [2.24, 2.45) is 0 Å². The Morgan fingerprint density at radius 3 is 2.80 bits per heavy atom. The number of phenolic OH excluding ortho intramolecular Hbond substituents is 1. The summed E-state index contributed by atoms with van der Waals surface area (Å²) < 4.78 is 0. The number of rotatable bonds is 4. The van der Waals surface area contributed by atoms with Crippen LogP contribution >= 0.6 is 11.6 Å². The number of carbonyl (C=O) groups excluding carboxylic acids is 1. The van der Waals surface area contributed by atoms with Crippen LogP contribution in [-0.2, 0) is 6.42 Å². The minimum absolute atomic E-state index is 0.0131. The summed E-state index contributed by atoms with van der Waals surface area (Å²) in [5, 5.41) is 12.8. The summed E-state index contributed by atoms with van der Waals surface area (Å²) in [6.07, 6.45) is 0.672. The van der Waals surface area contributed by atoms with E-state index in [1.165, 1.54) is 18.2 Å². The van der Waals surface area contributed by atoms with E-state index in [0.717, 1.165) is 5.56 Å². The molecule has 0 saturated carbocycles. The first kappa shape index (κ1) is 14.2. The second-order valence-corrected chi connectivity index (χ2v) is 4.84. The van der Waals surface area contributed by atoms with E-state index in [0.29, 0.717) is 23.7 Å². The highest BCUT2D eigenvalue weighted by Crippen LogP contribution is 2.18. The average Bonchev–Trinajstić information content (AvgIpc) is 2.41. The first-order chi connectivity index (χ1) is 9.56. The highest BCUT2D eigenvalue weighted by molar-refractivity contribution is 6.30. The Morgan fingerprint density at radius 1 is 1.25 bits per heavy atom. The minimum atomic E-state index is -0.305. The van der Waals surface area contributed by atoms with Crippen LogP contribution < -0.4 is 11.1 Å². The molecule has 2 aromatic rings. The Hall–Kier alpha value is -2.20. The molecule has 2 aromatic carbocycles. The maximum Gasteiger partial charge on any atom is 0.253 e. The van der Waals surface area contributed by atoms with Gasteiger partial charge in [0.2, 0.25) is 0 Å². The predicted octanol–water partition coefficient (Wildman–Crippen LogP) is 2.60. The zero-order valence-corrected chi connectivity index (χ0v) is 11.5. The second kappa shape index (κ2) is 6.30. The normalized spacial score (nSPS) is 10.2. The van der Waals surface area contributed by atoms with Gasteiger partial charge in [-0.1, -0.05) is 23.7 Å². The first-order valence-corrected chi connectivity index (χ1v) is 6.55. The van der Waals surface area contributed by atoms with Gasteiger partial charge in [0.15, 0.2) is 0 Å². The van der Waals surface area contributed by atoms with Crippen LogP contribution in [0.2, 0.25) is 5.02 Å². The lowest BCUT2D eigenvalue weighted by molar-refractivity contribution is 0.0954. The zero-order chi connectivity index (χ0) is 14.5. The third-order valence-corrected chi connectivity index (χ3v) is 3.10. The summed E-state index contributed by atoms with van der Waals surface area (Å²) in [6.45, 7) is 0.467. The number of nitrogens with one attached hydrogen (secondary N) is 1. The topological polar surface area (TPSA) is 75.3 Å². The van der Waals surface area contributed by atoms with Crippen LogP contribution in [0.5, 0.6) is 5.75 Å². The molecule has 0 radical (unpaired) electrons. The van der Waals surface area contributed by atoms with Crippen molar-refractivity contribution >= 4 is 23.2 Å². The van der Waals surface area contributed by atoms with Crippen molar-refractivity contribution in [3.63, 3.8) is 0 Å². The molecule has 0 spiro atoms. The van der Waals surface area contributed by atoms with Gasteiger partial charge in [-0.05, 0) is 42.3 Å². The molecule has 0 aliphatic rings. The van der Waals surface area contributed by atoms with Crippen LogP contribution in [0.4, 0.5) is 5.69 Å². The maximum absolute atomic E-state index is 11.9. The molecule has 0 atom stereocenters. The van der Waals surface area contributed by atoms with Crippen molar-refractivity contribution in [1.29, 1.82) is 0 Å². The minimum Gasteiger partial charge on any atom is -0.508 e. The van der Waals surface area contributed by atoms with Crippen molar-refractivity contribution in [3.05, 3.63) is 58.6 Å². The average molecular weight is 291 g/mol. The number of nitrogen functional groups attached to an aromatic ring is 1. The molecule has 0 fully saturated rings. The zero-order valence-electron chi connectivity index (χ0n) is 10.8. The van der Waals surface area contributed by atoms with Gasteiger partial charge in [0.25, 0.3) is 5.91 Å². The van der Waals surface area contributed by atoms with E-state index in [4.69, 9.17) is 17.3 Å². The van der Waals surface area contributed by atoms with Gasteiger partial charge in [-0.2, -0.15) is 0 Å². The summed E-state index contributed by atoms with van der Waals surface area (Å²) in [4.78, 5) is 11.9. The number of phenols is 1. The lowest BCUT2D eigenvalue weighted by atomic mass is 10.1. The molecule has 0 bridgehead atoms. The molecule has 0 aromatic heterocycles. The Bertz CT molecular complexity index is 629. The lowest BCUT2D eigenvalue weighted by Gasteiger charge is -2.08. The number of amides is 1. The lowest BCUT2D eigenvalue weighted by Crippen LogP contribution is -2.26. The van der Waals surface area contributed by atoms with E-state index in [1.54, 1.807) is 6.07 Å². The first-order valence-electron chi connectivity index (χ1n) is 6.17. The molecule has 0 heterocycles. The molecule has 4 nitrogen and oxygen atoms in total. The predicted molar refractivity (Wildman–Crippen MR) is 80.0 cm³/mol. The molecule has 0 saturated heterocycles. The SMILES string of the molecule is Nc1ccc(O)cc1C(=O)NCCc1cccc(Cl)c1. The Kier molecular flexibility index (Phi) is 4.48. The van der Waals surface area contributed by atoms with Gasteiger partial charge in [0, 0.05) is 17.3 Å². The highest BCUT2D eigenvalue weighted by atomic mass is 35.5. The van der Waals surface area contributed by atoms with E-state index in [-0.39, 0.29) is 17.2 Å². The molecule has 1 amide bonds. The smallest absolute Gasteiger partial charge is 0.253 e. The number of anilines is 1. The van der Waals surface area contributed by atoms with Gasteiger partial charge in [-0.3, -0.25) is 4.79 Å². The van der Waals surface area contributed by atoms with Crippen molar-refractivity contribution in [2.75, 3.05) is 12.3 Å². The molecule has 104 valence electrons. The Morgan fingerprint density at radius 2 is 2.05 bits per heavy atom. The van der Waals surface area contributed by atoms with Gasteiger partial charge in [-0.25, -0.2) is 0 Å². The summed E-state index contributed by atoms with van der Waals surface area (Å²) in [6, 6.07) is 11.8. The second-order valence-electron chi connectivity index (χ2n) is 4.41. The van der Waals surface area contributed by atoms with Gasteiger partial charge < -0.3 is 16.2 Å². The molecule has 5 heteroatoms. The number of nitrogens with two attached hydrogens (primary N) is 1. The molecule has 0 aliphatic carbocycles. The number of aromatic hydroxyl groups is 1. The Balaban J connectivity index is 1.94. The fraction of sp³-hybridized carbons (Fsp3) is 0.133. The van der Waals surface area contributed by atoms with E-state index in [9.17, 15) is 9.90 Å². The van der Waals surface area contributed by atoms with Crippen LogP contribution in [0, 0.1) is 0 Å². The molecule has 4 N–H and O–H groups in total. The molecule has 0 aliphatic heterocycles. The number of halogens is 1. The van der Waals surface area contributed by atoms with E-state index in [2.05, 4.69) is 5.32 Å². The number of hydrogen-bond acceptors (Lipinski definition) is 3. The molecule has 2 rings (SSSR count). The van der Waals surface area contributed by atoms with Crippen molar-refractivity contribution in [2.45, 2.75) is 6.42 Å². The van der Waals surface area contributed by atoms with Gasteiger partial charge in [-0.15, -0.1) is 0 Å². The fourth-order valence-electron chi connectivity index (χ4n) is 1.85. The van der Waals surface area contributed by atoms with E-state index in [1.807, 2.05) is 18.2 Å². The summed E-state index contributed by atoms with van der Waals surface area (Å²) in [5.74, 6) is -0.292. The number of carbonyl (C=O) groups is 1. The standard InChI is InChI=1S/C15H15ClN2O2/c16-11-3-1-2-10(8-11)6-7-18-15(20)13-9-12(19)4-5-14(13)17/h1-5,8-9,19H,6-7,17H2,(H,18,20). The summed E-state index contributed by atoms with van der Waals surface area (Å²) in [7, 11) is 0. The van der Waals surface area contributed by atoms with Gasteiger partial charge in [0.05, 0.1) is 5.56 Å². The van der Waals surface area contributed by atoms with Crippen LogP contribution in [0.25, 0.3) is 0 Å². The fourth-order valence-corrected chi connectivity index (χ4v) is 2.06. The van der Waals surface area contributed by atoms with Crippen molar-refractivity contribution in [3.8, 4) is 5.75 Å². The van der Waals surface area contributed by atoms with Gasteiger partial charge in [0.1, 0.15) is 5.75 Å². The Labute approximate surface area is 122 Å². The van der Waals surface area contributed by atoms with Gasteiger partial charge >= 0.3 is 0 Å². The molecular formula is C15H15ClN2O2. The molecule has 20 heavy (non-hydrogen) atoms. The van der Waals surface area contributed by atoms with Crippen LogP contribution in [0.1, 0.15) is 15.9 Å². The quantitative estimate of drug-likeness (QED) is 0.598. The van der Waals surface area contributed by atoms with Crippen LogP contribution in [0.3, 0.4) is 0 Å². The third kappa shape index (κ3) is 3.65. The monoisotopic (exact) mass is 290 g/mol. The van der Waals surface area contributed by atoms with Crippen LogP contribution in [0.15, 0.2) is 42.5 Å². The molecule has 0 unspecified atom stereocenters. The summed E-state index contributed by atoms with van der Waals surface area (Å²) in [5.41, 5.74) is 7.36. The number of hydrogen-bond donors (Lipinski definition) is 3. The highest BCUT2D eigenvalue weighted by Gasteiger charge is 2.09. The largest absolute Gasteiger partial charge is 0.508 e. The molecular weight excluding hydrogens is 276 g/mol. The van der Waals surface area contributed by atoms with Crippen molar-refractivity contribution in [1.82, 2.24) is 5.32 Å². The van der Waals surface area contributed by atoms with E-state index < -0.39 is 0 Å². The van der Waals surface area contributed by atoms with Crippen LogP contribution in [-0.4, -0.2) is 17.6 Å². The van der Waals surface area contributed by atoms with Crippen molar-refractivity contribution < 1.29 is 9.90 Å². The van der Waals surface area contributed by atoms with E-state index >= 15 is 0 Å². The number of benzene rings is 2. The summed E-state index contributed by atoms with van der Waals surface area (Å²) >= 11 is 5.89.